The highest BCUT2D eigenvalue weighted by Gasteiger charge is 2.24. The van der Waals surface area contributed by atoms with E-state index in [2.05, 4.69) is 43.0 Å². The zero-order valence-corrected chi connectivity index (χ0v) is 31.1. The summed E-state index contributed by atoms with van der Waals surface area (Å²) in [6.07, 6.45) is 54.4. The molecular weight excluding hydrogens is 532 g/mol. The molecule has 0 radical (unpaired) electrons. The monoisotopic (exact) mass is 617 g/mol. The van der Waals surface area contributed by atoms with Gasteiger partial charge in [0.05, 0.1) is 0 Å². The highest BCUT2D eigenvalue weighted by molar-refractivity contribution is 4.97. The molecule has 0 saturated carbocycles. The van der Waals surface area contributed by atoms with Crippen molar-refractivity contribution < 1.29 is 0 Å². The normalized spacial score (nSPS) is 14.8. The molecule has 1 heterocycles. The van der Waals surface area contributed by atoms with Crippen LogP contribution in [0.5, 0.6) is 0 Å². The predicted octanol–water partition coefficient (Wildman–Crippen LogP) is 14.7. The molecule has 1 aliphatic heterocycles. The smallest absolute Gasteiger partial charge is 0.101 e. The Morgan fingerprint density at radius 1 is 0.295 bits per heavy atom. The molecule has 0 fully saturated rings. The number of unbranched alkanes of at least 4 members (excludes halogenated alkanes) is 30. The lowest BCUT2D eigenvalue weighted by atomic mass is 10.0. The predicted molar refractivity (Wildman–Crippen MR) is 200 cm³/mol. The fourth-order valence-electron chi connectivity index (χ4n) is 7.25. The number of nitrogens with zero attached hydrogens (tertiary/aromatic N) is 2. The first-order chi connectivity index (χ1) is 21.8. The van der Waals surface area contributed by atoms with E-state index < -0.39 is 0 Å². The van der Waals surface area contributed by atoms with Crippen molar-refractivity contribution in [2.24, 2.45) is 0 Å². The average molecular weight is 617 g/mol. The minimum atomic E-state index is 0.639. The Hall–Kier alpha value is -0.660. The Bertz CT molecular complexity index is 572. The van der Waals surface area contributed by atoms with Crippen LogP contribution in [0.3, 0.4) is 0 Å². The standard InChI is InChI=1S/C42H84N2/c1-4-7-10-13-16-19-21-23-25-27-30-33-36-39-44-41-40-43(38-35-32-29-18-15-12-9-6-3)42(44)37-34-31-28-26-24-22-20-17-14-11-8-5-2/h40-42H,4-39H2,1-3H3. The SMILES string of the molecule is CCCCCCCCCCCCCCCN1C=CN(CCCCCCCCCC)C1CCCCCCCCCCCCCC. The second kappa shape index (κ2) is 33.7. The van der Waals surface area contributed by atoms with Crippen molar-refractivity contribution in [2.45, 2.75) is 245 Å². The van der Waals surface area contributed by atoms with Crippen LogP contribution in [-0.2, 0) is 0 Å². The van der Waals surface area contributed by atoms with Gasteiger partial charge in [-0.15, -0.1) is 0 Å². The molecule has 0 aromatic heterocycles. The van der Waals surface area contributed by atoms with Crippen LogP contribution in [0.4, 0.5) is 0 Å². The first-order valence-electron chi connectivity index (χ1n) is 21.0. The van der Waals surface area contributed by atoms with Gasteiger partial charge in [0.1, 0.15) is 6.17 Å². The molecule has 1 unspecified atom stereocenters. The van der Waals surface area contributed by atoms with E-state index >= 15 is 0 Å². The molecule has 1 aliphatic rings. The molecule has 0 spiro atoms. The molecule has 44 heavy (non-hydrogen) atoms. The minimum Gasteiger partial charge on any atom is -0.356 e. The summed E-state index contributed by atoms with van der Waals surface area (Å²) < 4.78 is 0. The van der Waals surface area contributed by atoms with Gasteiger partial charge >= 0.3 is 0 Å². The lowest BCUT2D eigenvalue weighted by Gasteiger charge is -2.33. The summed E-state index contributed by atoms with van der Waals surface area (Å²) in [7, 11) is 0. The van der Waals surface area contributed by atoms with Crippen LogP contribution in [-0.4, -0.2) is 29.1 Å². The van der Waals surface area contributed by atoms with Gasteiger partial charge in [-0.1, -0.05) is 213 Å². The molecule has 2 heteroatoms. The van der Waals surface area contributed by atoms with Crippen LogP contribution in [0.15, 0.2) is 12.4 Å². The van der Waals surface area contributed by atoms with Gasteiger partial charge < -0.3 is 9.80 Å². The Kier molecular flexibility index (Phi) is 31.7. The van der Waals surface area contributed by atoms with E-state index in [0.717, 1.165) is 0 Å². The van der Waals surface area contributed by atoms with Gasteiger partial charge in [0, 0.05) is 25.5 Å². The second-order valence-electron chi connectivity index (χ2n) is 14.6. The van der Waals surface area contributed by atoms with E-state index in [1.807, 2.05) is 0 Å². The number of hydrogen-bond acceptors (Lipinski definition) is 2. The van der Waals surface area contributed by atoms with E-state index in [1.165, 1.54) is 231 Å². The van der Waals surface area contributed by atoms with Crippen LogP contribution in [0.1, 0.15) is 239 Å². The molecule has 0 aromatic rings. The van der Waals surface area contributed by atoms with Crippen LogP contribution in [0.2, 0.25) is 0 Å². The van der Waals surface area contributed by atoms with Crippen LogP contribution in [0, 0.1) is 0 Å². The molecule has 0 N–H and O–H groups in total. The van der Waals surface area contributed by atoms with Gasteiger partial charge in [0.25, 0.3) is 0 Å². The highest BCUT2D eigenvalue weighted by Crippen LogP contribution is 2.24. The molecule has 0 aromatic carbocycles. The summed E-state index contributed by atoms with van der Waals surface area (Å²) in [5, 5.41) is 0. The fraction of sp³-hybridized carbons (Fsp3) is 0.952. The van der Waals surface area contributed by atoms with Gasteiger partial charge in [-0.2, -0.15) is 0 Å². The van der Waals surface area contributed by atoms with E-state index in [-0.39, 0.29) is 0 Å². The summed E-state index contributed by atoms with van der Waals surface area (Å²) in [4.78, 5) is 5.44. The minimum absolute atomic E-state index is 0.639. The van der Waals surface area contributed by atoms with Gasteiger partial charge in [-0.3, -0.25) is 0 Å². The Morgan fingerprint density at radius 2 is 0.523 bits per heavy atom. The van der Waals surface area contributed by atoms with Crippen molar-refractivity contribution in [1.29, 1.82) is 0 Å². The molecular formula is C42H84N2. The third kappa shape index (κ3) is 25.5. The highest BCUT2D eigenvalue weighted by atomic mass is 15.4. The lowest BCUT2D eigenvalue weighted by Crippen LogP contribution is -2.39. The largest absolute Gasteiger partial charge is 0.356 e. The molecule has 0 aliphatic carbocycles. The Balaban J connectivity index is 2.21. The molecule has 0 bridgehead atoms. The maximum Gasteiger partial charge on any atom is 0.101 e. The van der Waals surface area contributed by atoms with Crippen molar-refractivity contribution in [3.63, 3.8) is 0 Å². The van der Waals surface area contributed by atoms with Crippen LogP contribution < -0.4 is 0 Å². The summed E-state index contributed by atoms with van der Waals surface area (Å²) in [6.45, 7) is 9.48. The zero-order valence-electron chi connectivity index (χ0n) is 31.1. The molecule has 0 saturated heterocycles. The first-order valence-corrected chi connectivity index (χ1v) is 21.0. The summed E-state index contributed by atoms with van der Waals surface area (Å²) in [5.41, 5.74) is 0. The zero-order chi connectivity index (χ0) is 31.6. The average Bonchev–Trinajstić information content (AvgIpc) is 3.42. The molecule has 262 valence electrons. The van der Waals surface area contributed by atoms with Crippen LogP contribution >= 0.6 is 0 Å². The third-order valence-corrected chi connectivity index (χ3v) is 10.3. The van der Waals surface area contributed by atoms with Crippen molar-refractivity contribution in [1.82, 2.24) is 9.80 Å². The number of hydrogen-bond donors (Lipinski definition) is 0. The first kappa shape index (κ1) is 41.4. The van der Waals surface area contributed by atoms with Gasteiger partial charge in [0.2, 0.25) is 0 Å². The summed E-state index contributed by atoms with van der Waals surface area (Å²) in [5.74, 6) is 0. The summed E-state index contributed by atoms with van der Waals surface area (Å²) in [6, 6.07) is 0. The third-order valence-electron chi connectivity index (χ3n) is 10.3. The van der Waals surface area contributed by atoms with Crippen molar-refractivity contribution in [2.75, 3.05) is 13.1 Å². The quantitative estimate of drug-likeness (QED) is 0.0646. The van der Waals surface area contributed by atoms with Crippen molar-refractivity contribution in [3.05, 3.63) is 12.4 Å². The molecule has 0 amide bonds. The van der Waals surface area contributed by atoms with Gasteiger partial charge in [0.15, 0.2) is 0 Å². The van der Waals surface area contributed by atoms with E-state index in [4.69, 9.17) is 0 Å². The maximum atomic E-state index is 2.72. The van der Waals surface area contributed by atoms with Gasteiger partial charge in [-0.25, -0.2) is 0 Å². The van der Waals surface area contributed by atoms with Crippen molar-refractivity contribution in [3.8, 4) is 0 Å². The van der Waals surface area contributed by atoms with Gasteiger partial charge in [-0.05, 0) is 25.7 Å². The van der Waals surface area contributed by atoms with E-state index in [1.54, 1.807) is 0 Å². The topological polar surface area (TPSA) is 6.48 Å². The molecule has 2 nitrogen and oxygen atoms in total. The Labute approximate surface area is 280 Å². The molecule has 1 atom stereocenters. The maximum absolute atomic E-state index is 2.72. The van der Waals surface area contributed by atoms with E-state index in [0.29, 0.717) is 6.17 Å². The van der Waals surface area contributed by atoms with E-state index in [9.17, 15) is 0 Å². The molecule has 1 rings (SSSR count). The summed E-state index contributed by atoms with van der Waals surface area (Å²) >= 11 is 0. The Morgan fingerprint density at radius 3 is 0.795 bits per heavy atom. The fourth-order valence-corrected chi connectivity index (χ4v) is 7.25. The lowest BCUT2D eigenvalue weighted by molar-refractivity contribution is 0.135. The van der Waals surface area contributed by atoms with Crippen LogP contribution in [0.25, 0.3) is 0 Å². The van der Waals surface area contributed by atoms with Crippen molar-refractivity contribution >= 4 is 0 Å². The second-order valence-corrected chi connectivity index (χ2v) is 14.6. The number of rotatable bonds is 36.